The minimum atomic E-state index is -0.872. The fourth-order valence-electron chi connectivity index (χ4n) is 2.56. The van der Waals surface area contributed by atoms with Crippen molar-refractivity contribution in [3.63, 3.8) is 0 Å². The molecule has 0 aromatic heterocycles. The molecule has 0 saturated carbocycles. The number of phenols is 1. The number of ether oxygens (including phenoxy) is 3. The Morgan fingerprint density at radius 3 is 2.68 bits per heavy atom. The number of rotatable bonds is 5. The molecule has 0 fully saturated rings. The van der Waals surface area contributed by atoms with Crippen LogP contribution in [0, 0.1) is 0 Å². The summed E-state index contributed by atoms with van der Waals surface area (Å²) in [5.74, 6) is -0.422. The molecular weight excluding hydrogens is 328 g/mol. The van der Waals surface area contributed by atoms with Crippen LogP contribution in [0.5, 0.6) is 17.2 Å². The highest BCUT2D eigenvalue weighted by Crippen LogP contribution is 2.40. The van der Waals surface area contributed by atoms with Gasteiger partial charge in [0.05, 0.1) is 14.2 Å². The smallest absolute Gasteiger partial charge is 0.344 e. The van der Waals surface area contributed by atoms with Crippen molar-refractivity contribution in [2.24, 2.45) is 0 Å². The molecule has 0 aliphatic carbocycles. The van der Waals surface area contributed by atoms with Gasteiger partial charge in [0.25, 0.3) is 5.91 Å². The van der Waals surface area contributed by atoms with Crippen LogP contribution in [0.2, 0.25) is 0 Å². The molecule has 0 saturated heterocycles. The molecule has 1 aliphatic rings. The lowest BCUT2D eigenvalue weighted by atomic mass is 10.1. The van der Waals surface area contributed by atoms with Crippen LogP contribution in [0.4, 0.5) is 0 Å². The van der Waals surface area contributed by atoms with Crippen molar-refractivity contribution >= 4 is 11.9 Å². The van der Waals surface area contributed by atoms with Gasteiger partial charge in [-0.1, -0.05) is 6.07 Å². The molecule has 8 nitrogen and oxygen atoms in total. The van der Waals surface area contributed by atoms with E-state index in [0.717, 1.165) is 0 Å². The number of hydrogen-bond donors (Lipinski definition) is 3. The fourth-order valence-corrected chi connectivity index (χ4v) is 2.56. The molecule has 1 atom stereocenters. The van der Waals surface area contributed by atoms with E-state index in [2.05, 4.69) is 10.9 Å². The van der Waals surface area contributed by atoms with Crippen molar-refractivity contribution < 1.29 is 28.9 Å². The zero-order chi connectivity index (χ0) is 18.0. The van der Waals surface area contributed by atoms with Gasteiger partial charge in [-0.05, 0) is 30.3 Å². The van der Waals surface area contributed by atoms with E-state index in [-0.39, 0.29) is 22.6 Å². The first-order valence-electron chi connectivity index (χ1n) is 7.36. The first-order valence-corrected chi connectivity index (χ1v) is 7.36. The molecule has 2 aromatic carbocycles. The number of phenolic OH excluding ortho intramolecular Hbond substituents is 1. The van der Waals surface area contributed by atoms with E-state index < -0.39 is 18.1 Å². The molecule has 8 heteroatoms. The highest BCUT2D eigenvalue weighted by Gasteiger charge is 2.36. The first kappa shape index (κ1) is 16.6. The molecule has 1 amide bonds. The number of fused-ring (bicyclic) bond motifs is 1. The SMILES string of the molecule is COc1ccc2c(c1OC)C(=O)O[C@H]2NNC(=O)c1cccc(O)c1. The number of aromatic hydroxyl groups is 1. The Morgan fingerprint density at radius 2 is 2.00 bits per heavy atom. The largest absolute Gasteiger partial charge is 0.508 e. The summed E-state index contributed by atoms with van der Waals surface area (Å²) in [5, 5.41) is 9.42. The van der Waals surface area contributed by atoms with Gasteiger partial charge in [-0.25, -0.2) is 4.79 Å². The van der Waals surface area contributed by atoms with Gasteiger partial charge in [-0.15, -0.1) is 0 Å². The zero-order valence-corrected chi connectivity index (χ0v) is 13.5. The van der Waals surface area contributed by atoms with Crippen LogP contribution >= 0.6 is 0 Å². The van der Waals surface area contributed by atoms with Crippen LogP contribution in [0.3, 0.4) is 0 Å². The minimum Gasteiger partial charge on any atom is -0.508 e. The number of hydrazine groups is 1. The van der Waals surface area contributed by atoms with Crippen molar-refractivity contribution in [2.45, 2.75) is 6.23 Å². The van der Waals surface area contributed by atoms with Gasteiger partial charge in [-0.3, -0.25) is 10.2 Å². The Kier molecular flexibility index (Phi) is 4.44. The van der Waals surface area contributed by atoms with Gasteiger partial charge in [0, 0.05) is 11.1 Å². The second-order valence-corrected chi connectivity index (χ2v) is 5.20. The van der Waals surface area contributed by atoms with E-state index in [1.54, 1.807) is 24.3 Å². The summed E-state index contributed by atoms with van der Waals surface area (Å²) in [7, 11) is 2.89. The number of amides is 1. The predicted octanol–water partition coefficient (Wildman–Crippen LogP) is 1.51. The summed E-state index contributed by atoms with van der Waals surface area (Å²) in [4.78, 5) is 24.2. The van der Waals surface area contributed by atoms with Crippen LogP contribution in [0.1, 0.15) is 32.5 Å². The summed E-state index contributed by atoms with van der Waals surface area (Å²) in [6, 6.07) is 9.16. The lowest BCUT2D eigenvalue weighted by molar-refractivity contribution is 0.0260. The highest BCUT2D eigenvalue weighted by molar-refractivity contribution is 5.98. The van der Waals surface area contributed by atoms with Crippen molar-refractivity contribution in [3.8, 4) is 17.2 Å². The standard InChI is InChI=1S/C17H16N2O6/c1-23-12-7-6-11-13(14(12)24-2)17(22)25-16(11)19-18-15(21)9-4-3-5-10(20)8-9/h3-8,16,19-20H,1-2H3,(H,18,21)/t16-/m1/s1. The van der Waals surface area contributed by atoms with Crippen molar-refractivity contribution in [1.29, 1.82) is 0 Å². The second kappa shape index (κ2) is 6.70. The van der Waals surface area contributed by atoms with Crippen LogP contribution in [0.15, 0.2) is 36.4 Å². The molecule has 3 rings (SSSR count). The third kappa shape index (κ3) is 3.07. The fraction of sp³-hybridized carbons (Fsp3) is 0.176. The Morgan fingerprint density at radius 1 is 1.20 bits per heavy atom. The van der Waals surface area contributed by atoms with Crippen LogP contribution in [-0.2, 0) is 4.74 Å². The van der Waals surface area contributed by atoms with Gasteiger partial charge in [0.2, 0.25) is 0 Å². The van der Waals surface area contributed by atoms with E-state index in [9.17, 15) is 14.7 Å². The molecule has 2 aromatic rings. The van der Waals surface area contributed by atoms with E-state index in [1.807, 2.05) is 0 Å². The summed E-state index contributed by atoms with van der Waals surface area (Å²) in [6.45, 7) is 0. The Hall–Kier alpha value is -3.26. The molecule has 130 valence electrons. The van der Waals surface area contributed by atoms with Gasteiger partial charge >= 0.3 is 5.97 Å². The molecule has 0 spiro atoms. The molecule has 3 N–H and O–H groups in total. The summed E-state index contributed by atoms with van der Waals surface area (Å²) in [5.41, 5.74) is 6.11. The maximum absolute atomic E-state index is 12.1. The van der Waals surface area contributed by atoms with Crippen LogP contribution in [-0.4, -0.2) is 31.2 Å². The van der Waals surface area contributed by atoms with Crippen molar-refractivity contribution in [3.05, 3.63) is 53.1 Å². The number of methoxy groups -OCH3 is 2. The van der Waals surface area contributed by atoms with Gasteiger partial charge in [0.15, 0.2) is 17.7 Å². The maximum atomic E-state index is 12.1. The van der Waals surface area contributed by atoms with Crippen LogP contribution < -0.4 is 20.3 Å². The topological polar surface area (TPSA) is 106 Å². The van der Waals surface area contributed by atoms with E-state index in [1.165, 1.54) is 26.4 Å². The molecule has 1 aliphatic heterocycles. The number of carbonyl (C=O) groups is 2. The number of hydrogen-bond acceptors (Lipinski definition) is 7. The Labute approximate surface area is 143 Å². The molecule has 0 radical (unpaired) electrons. The molecular formula is C17H16N2O6. The average molecular weight is 344 g/mol. The third-order valence-electron chi connectivity index (χ3n) is 3.71. The minimum absolute atomic E-state index is 0.0258. The molecule has 0 unspecified atom stereocenters. The number of benzene rings is 2. The highest BCUT2D eigenvalue weighted by atomic mass is 16.6. The summed E-state index contributed by atoms with van der Waals surface area (Å²) in [6.07, 6.45) is -0.872. The number of cyclic esters (lactones) is 1. The first-order chi connectivity index (χ1) is 12.0. The number of esters is 1. The van der Waals surface area contributed by atoms with E-state index in [0.29, 0.717) is 11.3 Å². The van der Waals surface area contributed by atoms with Crippen LogP contribution in [0.25, 0.3) is 0 Å². The number of nitrogens with one attached hydrogen (secondary N) is 2. The molecule has 25 heavy (non-hydrogen) atoms. The second-order valence-electron chi connectivity index (χ2n) is 5.20. The Balaban J connectivity index is 1.78. The lowest BCUT2D eigenvalue weighted by Gasteiger charge is -2.14. The van der Waals surface area contributed by atoms with E-state index in [4.69, 9.17) is 14.2 Å². The molecule has 1 heterocycles. The zero-order valence-electron chi connectivity index (χ0n) is 13.5. The predicted molar refractivity (Wildman–Crippen MR) is 86.4 cm³/mol. The summed E-state index contributed by atoms with van der Waals surface area (Å²) >= 11 is 0. The molecule has 0 bridgehead atoms. The number of carbonyl (C=O) groups excluding carboxylic acids is 2. The third-order valence-corrected chi connectivity index (χ3v) is 3.71. The van der Waals surface area contributed by atoms with Gasteiger partial charge < -0.3 is 19.3 Å². The monoisotopic (exact) mass is 344 g/mol. The lowest BCUT2D eigenvalue weighted by Crippen LogP contribution is -2.40. The van der Waals surface area contributed by atoms with Gasteiger partial charge in [0.1, 0.15) is 11.3 Å². The maximum Gasteiger partial charge on any atom is 0.344 e. The normalized spacial score (nSPS) is 15.3. The van der Waals surface area contributed by atoms with E-state index >= 15 is 0 Å². The van der Waals surface area contributed by atoms with Crippen molar-refractivity contribution in [1.82, 2.24) is 10.9 Å². The average Bonchev–Trinajstić information content (AvgIpc) is 2.94. The Bertz CT molecular complexity index is 836. The van der Waals surface area contributed by atoms with Gasteiger partial charge in [-0.2, -0.15) is 5.43 Å². The van der Waals surface area contributed by atoms with Crippen molar-refractivity contribution in [2.75, 3.05) is 14.2 Å². The quantitative estimate of drug-likeness (QED) is 0.558. The summed E-state index contributed by atoms with van der Waals surface area (Å²) < 4.78 is 15.6.